The summed E-state index contributed by atoms with van der Waals surface area (Å²) in [7, 11) is 0. The highest BCUT2D eigenvalue weighted by molar-refractivity contribution is 5.99. The van der Waals surface area contributed by atoms with Crippen molar-refractivity contribution < 1.29 is 4.79 Å². The van der Waals surface area contributed by atoms with E-state index in [-0.39, 0.29) is 12.1 Å². The molecule has 0 aliphatic carbocycles. The van der Waals surface area contributed by atoms with Gasteiger partial charge in [0.25, 0.3) is 0 Å². The van der Waals surface area contributed by atoms with E-state index in [9.17, 15) is 4.79 Å². The first kappa shape index (κ1) is 14.1. The molecule has 0 heterocycles. The summed E-state index contributed by atoms with van der Waals surface area (Å²) >= 11 is 0. The Kier molecular flexibility index (Phi) is 4.38. The van der Waals surface area contributed by atoms with E-state index >= 15 is 0 Å². The Labute approximate surface area is 119 Å². The molecule has 104 valence electrons. The highest BCUT2D eigenvalue weighted by atomic mass is 16.2. The molecule has 0 spiro atoms. The number of aryl methyl sites for hydroxylation is 1. The topological polar surface area (TPSA) is 67.2 Å². The molecule has 2 aromatic carbocycles. The second kappa shape index (κ2) is 6.21. The third-order valence-electron chi connectivity index (χ3n) is 2.98. The van der Waals surface area contributed by atoms with Gasteiger partial charge in [-0.1, -0.05) is 29.8 Å². The molecule has 0 aromatic heterocycles. The van der Waals surface area contributed by atoms with Crippen molar-refractivity contribution in [1.29, 1.82) is 0 Å². The zero-order valence-electron chi connectivity index (χ0n) is 11.7. The quantitative estimate of drug-likeness (QED) is 0.796. The van der Waals surface area contributed by atoms with Crippen molar-refractivity contribution in [2.45, 2.75) is 19.9 Å². The molecule has 2 rings (SSSR count). The highest BCUT2D eigenvalue weighted by Crippen LogP contribution is 2.16. The SMILES string of the molecule is Cc1ccc(NC(=O)Nc2cccc(C(C)N)c2)cc1. The van der Waals surface area contributed by atoms with Gasteiger partial charge in [-0.25, -0.2) is 4.79 Å². The standard InChI is InChI=1S/C16H19N3O/c1-11-6-8-14(9-7-11)18-16(20)19-15-5-3-4-13(10-15)12(2)17/h3-10,12H,17H2,1-2H3,(H2,18,19,20). The smallest absolute Gasteiger partial charge is 0.323 e. The minimum absolute atomic E-state index is 0.0584. The Morgan fingerprint density at radius 1 is 1.05 bits per heavy atom. The summed E-state index contributed by atoms with van der Waals surface area (Å²) in [5.41, 5.74) is 9.45. The molecule has 0 saturated carbocycles. The molecule has 1 unspecified atom stereocenters. The number of nitrogens with two attached hydrogens (primary N) is 1. The number of nitrogens with one attached hydrogen (secondary N) is 2. The second-order valence-electron chi connectivity index (χ2n) is 4.86. The van der Waals surface area contributed by atoms with Crippen molar-refractivity contribution in [3.05, 3.63) is 59.7 Å². The van der Waals surface area contributed by atoms with Crippen molar-refractivity contribution in [2.24, 2.45) is 5.73 Å². The Hall–Kier alpha value is -2.33. The minimum atomic E-state index is -0.268. The normalized spacial score (nSPS) is 11.8. The van der Waals surface area contributed by atoms with E-state index in [0.29, 0.717) is 0 Å². The number of anilines is 2. The molecular weight excluding hydrogens is 250 g/mol. The van der Waals surface area contributed by atoms with Crippen LogP contribution in [0.5, 0.6) is 0 Å². The molecule has 4 heteroatoms. The summed E-state index contributed by atoms with van der Waals surface area (Å²) in [5, 5.41) is 5.58. The molecule has 4 nitrogen and oxygen atoms in total. The van der Waals surface area contributed by atoms with Crippen molar-refractivity contribution in [1.82, 2.24) is 0 Å². The van der Waals surface area contributed by atoms with Crippen LogP contribution in [-0.2, 0) is 0 Å². The average molecular weight is 269 g/mol. The number of hydrogen-bond acceptors (Lipinski definition) is 2. The van der Waals surface area contributed by atoms with Crippen molar-refractivity contribution in [3.8, 4) is 0 Å². The number of benzene rings is 2. The van der Waals surface area contributed by atoms with Crippen LogP contribution in [0, 0.1) is 6.92 Å². The monoisotopic (exact) mass is 269 g/mol. The van der Waals surface area contributed by atoms with Gasteiger partial charge in [-0.2, -0.15) is 0 Å². The third-order valence-corrected chi connectivity index (χ3v) is 2.98. The highest BCUT2D eigenvalue weighted by Gasteiger charge is 2.04. The lowest BCUT2D eigenvalue weighted by Gasteiger charge is -2.10. The van der Waals surface area contributed by atoms with Gasteiger partial charge in [0.1, 0.15) is 0 Å². The van der Waals surface area contributed by atoms with Gasteiger partial charge in [-0.05, 0) is 43.7 Å². The maximum atomic E-state index is 11.9. The summed E-state index contributed by atoms with van der Waals surface area (Å²) in [5.74, 6) is 0. The summed E-state index contributed by atoms with van der Waals surface area (Å²) in [6.45, 7) is 3.91. The average Bonchev–Trinajstić information content (AvgIpc) is 2.41. The number of urea groups is 1. The lowest BCUT2D eigenvalue weighted by atomic mass is 10.1. The third kappa shape index (κ3) is 3.83. The van der Waals surface area contributed by atoms with Crippen molar-refractivity contribution in [3.63, 3.8) is 0 Å². The van der Waals surface area contributed by atoms with Crippen LogP contribution in [0.3, 0.4) is 0 Å². The van der Waals surface area contributed by atoms with E-state index in [1.165, 1.54) is 0 Å². The predicted molar refractivity (Wildman–Crippen MR) is 82.9 cm³/mol. The molecule has 2 aromatic rings. The minimum Gasteiger partial charge on any atom is -0.324 e. The second-order valence-corrected chi connectivity index (χ2v) is 4.86. The van der Waals surface area contributed by atoms with E-state index in [4.69, 9.17) is 5.73 Å². The molecular formula is C16H19N3O. The molecule has 0 fully saturated rings. The van der Waals surface area contributed by atoms with E-state index < -0.39 is 0 Å². The fraction of sp³-hybridized carbons (Fsp3) is 0.188. The number of carbonyl (C=O) groups is 1. The first-order valence-corrected chi connectivity index (χ1v) is 6.55. The molecule has 0 radical (unpaired) electrons. The van der Waals surface area contributed by atoms with Gasteiger partial charge in [0, 0.05) is 17.4 Å². The van der Waals surface area contributed by atoms with Gasteiger partial charge in [0.05, 0.1) is 0 Å². The Morgan fingerprint density at radius 3 is 2.35 bits per heavy atom. The molecule has 0 aliphatic rings. The van der Waals surface area contributed by atoms with Gasteiger partial charge in [0.2, 0.25) is 0 Å². The Balaban J connectivity index is 2.01. The molecule has 20 heavy (non-hydrogen) atoms. The lowest BCUT2D eigenvalue weighted by Crippen LogP contribution is -2.19. The first-order valence-electron chi connectivity index (χ1n) is 6.55. The van der Waals surface area contributed by atoms with Gasteiger partial charge in [0.15, 0.2) is 0 Å². The van der Waals surface area contributed by atoms with Crippen LogP contribution in [0.4, 0.5) is 16.2 Å². The molecule has 1 atom stereocenters. The largest absolute Gasteiger partial charge is 0.324 e. The fourth-order valence-corrected chi connectivity index (χ4v) is 1.83. The molecule has 4 N–H and O–H groups in total. The molecule has 2 amide bonds. The molecule has 0 aliphatic heterocycles. The van der Waals surface area contributed by atoms with Gasteiger partial charge < -0.3 is 16.4 Å². The number of amides is 2. The molecule has 0 bridgehead atoms. The van der Waals surface area contributed by atoms with Crippen LogP contribution < -0.4 is 16.4 Å². The van der Waals surface area contributed by atoms with Crippen LogP contribution in [0.15, 0.2) is 48.5 Å². The van der Waals surface area contributed by atoms with Gasteiger partial charge in [-0.3, -0.25) is 0 Å². The Bertz CT molecular complexity index is 591. The van der Waals surface area contributed by atoms with E-state index in [0.717, 1.165) is 22.5 Å². The van der Waals surface area contributed by atoms with Gasteiger partial charge in [-0.15, -0.1) is 0 Å². The zero-order valence-corrected chi connectivity index (χ0v) is 11.7. The van der Waals surface area contributed by atoms with Crippen LogP contribution in [-0.4, -0.2) is 6.03 Å². The number of carbonyl (C=O) groups excluding carboxylic acids is 1. The van der Waals surface area contributed by atoms with E-state index in [2.05, 4.69) is 10.6 Å². The molecule has 0 saturated heterocycles. The lowest BCUT2D eigenvalue weighted by molar-refractivity contribution is 0.262. The van der Waals surface area contributed by atoms with Gasteiger partial charge >= 0.3 is 6.03 Å². The maximum Gasteiger partial charge on any atom is 0.323 e. The van der Waals surface area contributed by atoms with E-state index in [1.54, 1.807) is 0 Å². The zero-order chi connectivity index (χ0) is 14.5. The fourth-order valence-electron chi connectivity index (χ4n) is 1.83. The summed E-state index contributed by atoms with van der Waals surface area (Å²) in [6, 6.07) is 14.8. The number of rotatable bonds is 3. The predicted octanol–water partition coefficient (Wildman–Crippen LogP) is 3.66. The van der Waals surface area contributed by atoms with Crippen molar-refractivity contribution in [2.75, 3.05) is 10.6 Å². The first-order chi connectivity index (χ1) is 9.54. The summed E-state index contributed by atoms with van der Waals surface area (Å²) < 4.78 is 0. The van der Waals surface area contributed by atoms with E-state index in [1.807, 2.05) is 62.4 Å². The van der Waals surface area contributed by atoms with Crippen LogP contribution in [0.25, 0.3) is 0 Å². The van der Waals surface area contributed by atoms with Crippen LogP contribution >= 0.6 is 0 Å². The maximum absolute atomic E-state index is 11.9. The van der Waals surface area contributed by atoms with Crippen LogP contribution in [0.1, 0.15) is 24.1 Å². The number of hydrogen-bond donors (Lipinski definition) is 3. The summed E-state index contributed by atoms with van der Waals surface area (Å²) in [4.78, 5) is 11.9. The Morgan fingerprint density at radius 2 is 1.70 bits per heavy atom. The van der Waals surface area contributed by atoms with Crippen LogP contribution in [0.2, 0.25) is 0 Å². The van der Waals surface area contributed by atoms with Crippen molar-refractivity contribution >= 4 is 17.4 Å². The summed E-state index contributed by atoms with van der Waals surface area (Å²) in [6.07, 6.45) is 0.